The number of carbonyl (C=O) groups excluding carboxylic acids is 2. The maximum Gasteiger partial charge on any atom is 0.335 e. The summed E-state index contributed by atoms with van der Waals surface area (Å²) in [6.07, 6.45) is 5.89. The molecule has 3 saturated carbocycles. The molecule has 1 aromatic heterocycles. The number of aromatic nitrogens is 2. The Morgan fingerprint density at radius 3 is 2.77 bits per heavy atom. The molecule has 0 spiro atoms. The van der Waals surface area contributed by atoms with Gasteiger partial charge in [0.05, 0.1) is 29.2 Å². The van der Waals surface area contributed by atoms with Crippen LogP contribution >= 0.6 is 0 Å². The average Bonchev–Trinajstić information content (AvgIpc) is 3.58. The van der Waals surface area contributed by atoms with Crippen molar-refractivity contribution in [2.75, 3.05) is 6.61 Å². The van der Waals surface area contributed by atoms with Crippen molar-refractivity contribution < 1.29 is 38.8 Å². The first kappa shape index (κ1) is 28.4. The van der Waals surface area contributed by atoms with Gasteiger partial charge in [0.2, 0.25) is 5.78 Å². The molecule has 1 aromatic carbocycles. The van der Waals surface area contributed by atoms with Crippen LogP contribution in [0.3, 0.4) is 0 Å². The van der Waals surface area contributed by atoms with Crippen molar-refractivity contribution in [1.29, 1.82) is 0 Å². The summed E-state index contributed by atoms with van der Waals surface area (Å²) >= 11 is 0. The second kappa shape index (κ2) is 9.58. The van der Waals surface area contributed by atoms with Crippen molar-refractivity contribution >= 4 is 23.8 Å². The average molecular weight is 591 g/mol. The largest absolute Gasteiger partial charge is 0.478 e. The number of ether oxygens (including phenoxy) is 3. The highest BCUT2D eigenvalue weighted by molar-refractivity contribution is 5.92. The van der Waals surface area contributed by atoms with Crippen LogP contribution in [0.4, 0.5) is 0 Å². The maximum absolute atomic E-state index is 13.8. The zero-order valence-corrected chi connectivity index (χ0v) is 24.9. The van der Waals surface area contributed by atoms with Crippen LogP contribution < -0.4 is 0 Å². The molecule has 9 atom stereocenters. The summed E-state index contributed by atoms with van der Waals surface area (Å²) in [7, 11) is 0. The van der Waals surface area contributed by atoms with E-state index in [1.807, 2.05) is 12.3 Å². The second-order valence-corrected chi connectivity index (χ2v) is 13.6. The molecule has 2 N–H and O–H groups in total. The van der Waals surface area contributed by atoms with Crippen LogP contribution in [0.2, 0.25) is 0 Å². The Labute approximate surface area is 250 Å². The molecule has 7 rings (SSSR count). The van der Waals surface area contributed by atoms with Crippen LogP contribution in [-0.2, 0) is 30.2 Å². The minimum atomic E-state index is -1.28. The third-order valence-electron chi connectivity index (χ3n) is 11.4. The number of esters is 1. The van der Waals surface area contributed by atoms with Gasteiger partial charge in [-0.1, -0.05) is 25.5 Å². The van der Waals surface area contributed by atoms with Crippen LogP contribution in [0, 0.1) is 28.6 Å². The number of ketones is 1. The summed E-state index contributed by atoms with van der Waals surface area (Å²) < 4.78 is 19.5. The second-order valence-electron chi connectivity index (χ2n) is 13.6. The smallest absolute Gasteiger partial charge is 0.335 e. The number of Topliss-reactive ketones (excluding diaryl/α,β-unsaturated/α-hetero) is 1. The van der Waals surface area contributed by atoms with Crippen LogP contribution in [-0.4, -0.2) is 68.4 Å². The molecule has 2 heterocycles. The Bertz CT molecular complexity index is 1560. The summed E-state index contributed by atoms with van der Waals surface area (Å²) in [6.45, 7) is 7.01. The highest BCUT2D eigenvalue weighted by atomic mass is 16.7. The summed E-state index contributed by atoms with van der Waals surface area (Å²) in [4.78, 5) is 36.9. The highest BCUT2D eigenvalue weighted by Crippen LogP contribution is 2.70. The number of allylic oxidation sites excluding steroid dienone is 1. The molecule has 5 aliphatic rings. The van der Waals surface area contributed by atoms with Gasteiger partial charge in [-0.25, -0.2) is 9.48 Å². The maximum atomic E-state index is 13.8. The van der Waals surface area contributed by atoms with E-state index in [0.717, 1.165) is 24.1 Å². The normalized spacial score (nSPS) is 39.0. The predicted molar refractivity (Wildman–Crippen MR) is 153 cm³/mol. The lowest BCUT2D eigenvalue weighted by molar-refractivity contribution is -0.200. The van der Waals surface area contributed by atoms with Crippen LogP contribution in [0.15, 0.2) is 36.0 Å². The first-order chi connectivity index (χ1) is 20.4. The number of carboxylic acid groups (broad SMARTS) is 1. The zero-order chi connectivity index (χ0) is 30.5. The fourth-order valence-corrected chi connectivity index (χ4v) is 9.79. The van der Waals surface area contributed by atoms with Crippen molar-refractivity contribution in [3.8, 4) is 5.69 Å². The number of benzene rings is 1. The monoisotopic (exact) mass is 590 g/mol. The van der Waals surface area contributed by atoms with Gasteiger partial charge in [0.15, 0.2) is 18.5 Å². The molecule has 4 aliphatic carbocycles. The predicted octanol–water partition coefficient (Wildman–Crippen LogP) is 3.97. The Hall–Kier alpha value is -3.34. The first-order valence-corrected chi connectivity index (χ1v) is 15.2. The van der Waals surface area contributed by atoms with Gasteiger partial charge in [-0.15, -0.1) is 0 Å². The number of aliphatic hydroxyl groups is 1. The number of aliphatic hydroxyl groups excluding tert-OH is 1. The lowest BCUT2D eigenvalue weighted by Crippen LogP contribution is -2.64. The molecule has 10 nitrogen and oxygen atoms in total. The van der Waals surface area contributed by atoms with E-state index in [-0.39, 0.29) is 41.1 Å². The number of nitrogens with zero attached hydrogens (tertiary/aromatic N) is 2. The zero-order valence-electron chi connectivity index (χ0n) is 24.9. The number of hydrogen-bond acceptors (Lipinski definition) is 8. The highest BCUT2D eigenvalue weighted by Gasteiger charge is 2.75. The van der Waals surface area contributed by atoms with E-state index < -0.39 is 41.5 Å². The standard InChI is InChI=1S/C33H38N2O8/c1-17(36)41-16-27(38)33-28(42-18(2)43-33)12-24-23-9-8-21-11-25-20(13-31(21,3)29(23)26(37)14-32(24,33)4)15-35(34-25)22-7-5-6-19(10-22)30(39)40/h5-7,10-11,15,18,23-24,26,28-29,37H,8-9,12-14,16H2,1-4H3,(H,39,40)/t18?,23-,24-,26-,28+,29+,31-,32-,33+/m0/s1. The molecule has 4 fully saturated rings. The third kappa shape index (κ3) is 3.95. The van der Waals surface area contributed by atoms with Crippen molar-refractivity contribution in [1.82, 2.24) is 9.78 Å². The van der Waals surface area contributed by atoms with E-state index in [2.05, 4.69) is 19.9 Å². The fourth-order valence-electron chi connectivity index (χ4n) is 9.79. The number of carbonyl (C=O) groups is 3. The van der Waals surface area contributed by atoms with Crippen molar-refractivity contribution in [2.24, 2.45) is 28.6 Å². The molecular formula is C33H38N2O8. The molecule has 10 heteroatoms. The number of hydrogen-bond donors (Lipinski definition) is 2. The summed E-state index contributed by atoms with van der Waals surface area (Å²) in [5.74, 6) is -1.61. The van der Waals surface area contributed by atoms with E-state index in [1.54, 1.807) is 29.8 Å². The first-order valence-electron chi connectivity index (χ1n) is 15.2. The van der Waals surface area contributed by atoms with Crippen molar-refractivity contribution in [2.45, 2.75) is 83.9 Å². The van der Waals surface area contributed by atoms with E-state index in [4.69, 9.17) is 19.3 Å². The molecule has 2 aromatic rings. The summed E-state index contributed by atoms with van der Waals surface area (Å²) in [6, 6.07) is 6.74. The van der Waals surface area contributed by atoms with E-state index in [9.17, 15) is 24.6 Å². The molecule has 0 radical (unpaired) electrons. The van der Waals surface area contributed by atoms with Crippen LogP contribution in [0.5, 0.6) is 0 Å². The van der Waals surface area contributed by atoms with E-state index in [1.165, 1.54) is 12.5 Å². The Balaban J connectivity index is 1.22. The third-order valence-corrected chi connectivity index (χ3v) is 11.4. The number of fused-ring (bicyclic) bond motifs is 8. The molecule has 1 unspecified atom stereocenters. The number of carboxylic acids is 1. The fraction of sp³-hybridized carbons (Fsp3) is 0.576. The van der Waals surface area contributed by atoms with Crippen molar-refractivity contribution in [3.05, 3.63) is 52.9 Å². The van der Waals surface area contributed by atoms with Gasteiger partial charge in [0.25, 0.3) is 0 Å². The molecule has 0 bridgehead atoms. The molecule has 1 aliphatic heterocycles. The number of aromatic carboxylic acids is 1. The molecule has 0 amide bonds. The van der Waals surface area contributed by atoms with Crippen molar-refractivity contribution in [3.63, 3.8) is 0 Å². The molecule has 228 valence electrons. The SMILES string of the molecule is CC(=O)OCC(=O)[C@@]12OC(C)O[C@@H]1C[C@H]1[C@@H]3CCC4=Cc5nn(-c6cccc(C(=O)O)c6)cc5C[C@]4(C)[C@H]3[C@@H](O)C[C@@]12C. The van der Waals surface area contributed by atoms with Gasteiger partial charge < -0.3 is 24.4 Å². The van der Waals surface area contributed by atoms with E-state index >= 15 is 0 Å². The van der Waals surface area contributed by atoms with Gasteiger partial charge in [0.1, 0.15) is 0 Å². The van der Waals surface area contributed by atoms with Gasteiger partial charge in [-0.3, -0.25) is 9.59 Å². The number of rotatable bonds is 5. The Morgan fingerprint density at radius 1 is 1.23 bits per heavy atom. The van der Waals surface area contributed by atoms with Crippen LogP contribution in [0.1, 0.15) is 75.0 Å². The van der Waals surface area contributed by atoms with Gasteiger partial charge >= 0.3 is 11.9 Å². The molecule has 1 saturated heterocycles. The lowest BCUT2D eigenvalue weighted by atomic mass is 9.45. The quantitative estimate of drug-likeness (QED) is 0.496. The lowest BCUT2D eigenvalue weighted by Gasteiger charge is -2.60. The molecule has 43 heavy (non-hydrogen) atoms. The Morgan fingerprint density at radius 2 is 2.02 bits per heavy atom. The van der Waals surface area contributed by atoms with Gasteiger partial charge in [-0.2, -0.15) is 5.10 Å². The van der Waals surface area contributed by atoms with E-state index in [0.29, 0.717) is 24.9 Å². The van der Waals surface area contributed by atoms with Gasteiger partial charge in [0, 0.05) is 18.5 Å². The summed E-state index contributed by atoms with van der Waals surface area (Å²) in [5, 5.41) is 26.3. The van der Waals surface area contributed by atoms with Gasteiger partial charge in [-0.05, 0) is 92.0 Å². The minimum absolute atomic E-state index is 0.0331. The molecular weight excluding hydrogens is 552 g/mol. The summed E-state index contributed by atoms with van der Waals surface area (Å²) in [5.41, 5.74) is 1.83. The Kier molecular flexibility index (Phi) is 6.33. The topological polar surface area (TPSA) is 137 Å². The minimum Gasteiger partial charge on any atom is -0.478 e. The van der Waals surface area contributed by atoms with Crippen LogP contribution in [0.25, 0.3) is 11.8 Å².